The van der Waals surface area contributed by atoms with Crippen molar-refractivity contribution in [1.82, 2.24) is 9.38 Å². The summed E-state index contributed by atoms with van der Waals surface area (Å²) in [5, 5.41) is 1.22. The van der Waals surface area contributed by atoms with Crippen LogP contribution in [0.2, 0.25) is 0 Å². The van der Waals surface area contributed by atoms with Crippen molar-refractivity contribution in [3.63, 3.8) is 0 Å². The van der Waals surface area contributed by atoms with Gasteiger partial charge in [0.25, 0.3) is 0 Å². The van der Waals surface area contributed by atoms with Crippen LogP contribution in [-0.4, -0.2) is 9.38 Å². The zero-order valence-electron chi connectivity index (χ0n) is 15.8. The lowest BCUT2D eigenvalue weighted by Crippen LogP contribution is -1.87. The summed E-state index contributed by atoms with van der Waals surface area (Å²) in [5.74, 6) is 0. The maximum Gasteiger partial charge on any atom is 0.138 e. The van der Waals surface area contributed by atoms with Crippen molar-refractivity contribution in [2.75, 3.05) is 0 Å². The van der Waals surface area contributed by atoms with Crippen LogP contribution in [0.5, 0.6) is 0 Å². The van der Waals surface area contributed by atoms with Crippen molar-refractivity contribution in [2.45, 2.75) is 0 Å². The highest BCUT2D eigenvalue weighted by atomic mass is 15.0. The maximum atomic E-state index is 4.99. The van der Waals surface area contributed by atoms with Crippen LogP contribution in [0.15, 0.2) is 109 Å². The van der Waals surface area contributed by atoms with E-state index in [0.717, 1.165) is 22.2 Å². The SMILES string of the molecule is c1ccc(-c2ccc(-c3cccc4c3nc3ccc5ccccc5n34)cc2)cc1. The number of fused-ring (bicyclic) bond motifs is 5. The number of pyridine rings is 1. The van der Waals surface area contributed by atoms with Gasteiger partial charge < -0.3 is 0 Å². The van der Waals surface area contributed by atoms with Crippen LogP contribution < -0.4 is 0 Å². The van der Waals surface area contributed by atoms with E-state index in [2.05, 4.69) is 108 Å². The second kappa shape index (κ2) is 6.32. The van der Waals surface area contributed by atoms with Crippen LogP contribution in [0.25, 0.3) is 49.8 Å². The summed E-state index contributed by atoms with van der Waals surface area (Å²) in [6, 6.07) is 38.4. The fourth-order valence-electron chi connectivity index (χ4n) is 4.18. The molecule has 0 spiro atoms. The number of nitrogens with zero attached hydrogens (tertiary/aromatic N) is 2. The smallest absolute Gasteiger partial charge is 0.138 e. The normalized spacial score (nSPS) is 11.4. The first kappa shape index (κ1) is 16.1. The summed E-state index contributed by atoms with van der Waals surface area (Å²) in [4.78, 5) is 4.99. The molecule has 0 N–H and O–H groups in total. The standard InChI is InChI=1S/C27H18N2/c1-2-7-19(8-3-1)20-13-15-21(16-14-20)23-10-6-12-25-27(23)28-26-18-17-22-9-4-5-11-24(22)29(25)26/h1-18H. The van der Waals surface area contributed by atoms with Gasteiger partial charge in [0.05, 0.1) is 16.6 Å². The Labute approximate surface area is 168 Å². The lowest BCUT2D eigenvalue weighted by Gasteiger charge is -2.06. The zero-order valence-corrected chi connectivity index (χ0v) is 15.8. The summed E-state index contributed by atoms with van der Waals surface area (Å²) in [5.41, 5.74) is 9.14. The molecule has 136 valence electrons. The van der Waals surface area contributed by atoms with Crippen LogP contribution in [0.1, 0.15) is 0 Å². The molecule has 0 saturated heterocycles. The molecular weight excluding hydrogens is 352 g/mol. The summed E-state index contributed by atoms with van der Waals surface area (Å²) < 4.78 is 2.26. The largest absolute Gasteiger partial charge is 0.292 e. The second-order valence-electron chi connectivity index (χ2n) is 7.31. The third-order valence-electron chi connectivity index (χ3n) is 5.60. The van der Waals surface area contributed by atoms with E-state index in [-0.39, 0.29) is 0 Å². The fraction of sp³-hybridized carbons (Fsp3) is 0. The van der Waals surface area contributed by atoms with Crippen LogP contribution >= 0.6 is 0 Å². The van der Waals surface area contributed by atoms with E-state index in [1.54, 1.807) is 0 Å². The first-order chi connectivity index (χ1) is 14.4. The monoisotopic (exact) mass is 370 g/mol. The molecular formula is C27H18N2. The van der Waals surface area contributed by atoms with Crippen LogP contribution in [0, 0.1) is 0 Å². The fourth-order valence-corrected chi connectivity index (χ4v) is 4.18. The van der Waals surface area contributed by atoms with Gasteiger partial charge in [0.1, 0.15) is 5.65 Å². The Hall–Kier alpha value is -3.91. The van der Waals surface area contributed by atoms with Gasteiger partial charge in [0.2, 0.25) is 0 Å². The van der Waals surface area contributed by atoms with Gasteiger partial charge >= 0.3 is 0 Å². The molecule has 6 rings (SSSR count). The second-order valence-corrected chi connectivity index (χ2v) is 7.31. The minimum absolute atomic E-state index is 0.979. The van der Waals surface area contributed by atoms with E-state index in [1.165, 1.54) is 27.6 Å². The molecule has 0 aliphatic rings. The Kier molecular flexibility index (Phi) is 3.50. The average Bonchev–Trinajstić information content (AvgIpc) is 3.19. The highest BCUT2D eigenvalue weighted by Crippen LogP contribution is 2.32. The first-order valence-corrected chi connectivity index (χ1v) is 9.83. The summed E-state index contributed by atoms with van der Waals surface area (Å²) in [6.07, 6.45) is 0. The minimum atomic E-state index is 0.979. The highest BCUT2D eigenvalue weighted by molar-refractivity contribution is 5.98. The maximum absolute atomic E-state index is 4.99. The number of hydrogen-bond acceptors (Lipinski definition) is 1. The number of aromatic nitrogens is 2. The van der Waals surface area contributed by atoms with Crippen molar-refractivity contribution in [2.24, 2.45) is 0 Å². The van der Waals surface area contributed by atoms with E-state index in [1.807, 2.05) is 6.07 Å². The Bertz CT molecular complexity index is 1480. The Morgan fingerprint density at radius 3 is 2.03 bits per heavy atom. The zero-order chi connectivity index (χ0) is 19.2. The summed E-state index contributed by atoms with van der Waals surface area (Å²) >= 11 is 0. The Balaban J connectivity index is 1.56. The topological polar surface area (TPSA) is 17.3 Å². The number of rotatable bonds is 2. The Morgan fingerprint density at radius 1 is 0.483 bits per heavy atom. The van der Waals surface area contributed by atoms with Gasteiger partial charge in [-0.1, -0.05) is 84.9 Å². The molecule has 2 heteroatoms. The minimum Gasteiger partial charge on any atom is -0.292 e. The highest BCUT2D eigenvalue weighted by Gasteiger charge is 2.12. The number of benzene rings is 4. The molecule has 0 unspecified atom stereocenters. The van der Waals surface area contributed by atoms with Gasteiger partial charge in [0, 0.05) is 5.56 Å². The molecule has 0 amide bonds. The van der Waals surface area contributed by atoms with Gasteiger partial charge in [-0.2, -0.15) is 0 Å². The lowest BCUT2D eigenvalue weighted by atomic mass is 9.99. The van der Waals surface area contributed by atoms with Gasteiger partial charge in [-0.15, -0.1) is 0 Å². The number of hydrogen-bond donors (Lipinski definition) is 0. The third-order valence-corrected chi connectivity index (χ3v) is 5.60. The molecule has 0 radical (unpaired) electrons. The van der Waals surface area contributed by atoms with Crippen LogP contribution in [0.3, 0.4) is 0 Å². The predicted octanol–water partition coefficient (Wildman–Crippen LogP) is 6.97. The van der Waals surface area contributed by atoms with Crippen molar-refractivity contribution in [1.29, 1.82) is 0 Å². The molecule has 0 aliphatic heterocycles. The predicted molar refractivity (Wildman–Crippen MR) is 121 cm³/mol. The number of imidazole rings is 1. The molecule has 0 atom stereocenters. The van der Waals surface area contributed by atoms with Crippen molar-refractivity contribution < 1.29 is 0 Å². The summed E-state index contributed by atoms with van der Waals surface area (Å²) in [6.45, 7) is 0. The molecule has 2 heterocycles. The van der Waals surface area contributed by atoms with Crippen LogP contribution in [-0.2, 0) is 0 Å². The molecule has 0 saturated carbocycles. The Morgan fingerprint density at radius 2 is 1.17 bits per heavy atom. The first-order valence-electron chi connectivity index (χ1n) is 9.83. The van der Waals surface area contributed by atoms with Gasteiger partial charge in [-0.25, -0.2) is 4.98 Å². The molecule has 6 aromatic rings. The quantitative estimate of drug-likeness (QED) is 0.321. The van der Waals surface area contributed by atoms with E-state index < -0.39 is 0 Å². The molecule has 29 heavy (non-hydrogen) atoms. The van der Waals surface area contributed by atoms with Gasteiger partial charge in [-0.05, 0) is 46.3 Å². The van der Waals surface area contributed by atoms with Crippen molar-refractivity contribution in [3.8, 4) is 22.3 Å². The van der Waals surface area contributed by atoms with Crippen LogP contribution in [0.4, 0.5) is 0 Å². The van der Waals surface area contributed by atoms with Crippen molar-refractivity contribution in [3.05, 3.63) is 109 Å². The van der Waals surface area contributed by atoms with E-state index in [0.29, 0.717) is 0 Å². The molecule has 2 aromatic heterocycles. The average molecular weight is 370 g/mol. The number of para-hydroxylation sites is 2. The third kappa shape index (κ3) is 2.54. The van der Waals surface area contributed by atoms with E-state index >= 15 is 0 Å². The van der Waals surface area contributed by atoms with E-state index in [4.69, 9.17) is 4.98 Å². The molecule has 4 aromatic carbocycles. The van der Waals surface area contributed by atoms with Crippen molar-refractivity contribution >= 4 is 27.6 Å². The molecule has 2 nitrogen and oxygen atoms in total. The van der Waals surface area contributed by atoms with E-state index in [9.17, 15) is 0 Å². The molecule has 0 fully saturated rings. The van der Waals surface area contributed by atoms with Gasteiger partial charge in [0.15, 0.2) is 0 Å². The molecule has 0 bridgehead atoms. The summed E-state index contributed by atoms with van der Waals surface area (Å²) in [7, 11) is 0. The van der Waals surface area contributed by atoms with Gasteiger partial charge in [-0.3, -0.25) is 4.40 Å². The lowest BCUT2D eigenvalue weighted by molar-refractivity contribution is 1.30. The molecule has 0 aliphatic carbocycles.